The average Bonchev–Trinajstić information content (AvgIpc) is 2.66. The number of nitrogens with zero attached hydrogens (tertiary/aromatic N) is 2. The lowest BCUT2D eigenvalue weighted by Gasteiger charge is -2.16. The van der Waals surface area contributed by atoms with E-state index in [-0.39, 0.29) is 0 Å². The Morgan fingerprint density at radius 1 is 1.40 bits per heavy atom. The molecule has 1 atom stereocenters. The van der Waals surface area contributed by atoms with Crippen molar-refractivity contribution in [2.45, 2.75) is 11.7 Å². The molecule has 0 unspecified atom stereocenters. The van der Waals surface area contributed by atoms with Crippen LogP contribution >= 0.6 is 12.6 Å². The summed E-state index contributed by atoms with van der Waals surface area (Å²) in [6.07, 6.45) is 1.08. The number of aliphatic imine (C=N–C) groups is 1. The van der Waals surface area contributed by atoms with E-state index in [0.717, 1.165) is 25.2 Å². The van der Waals surface area contributed by atoms with Gasteiger partial charge in [0.05, 0.1) is 5.69 Å². The number of rotatable bonds is 1. The van der Waals surface area contributed by atoms with Crippen LogP contribution in [0.1, 0.15) is 6.42 Å². The Morgan fingerprint density at radius 3 is 2.73 bits per heavy atom. The van der Waals surface area contributed by atoms with Gasteiger partial charge >= 0.3 is 0 Å². The van der Waals surface area contributed by atoms with Crippen LogP contribution in [0.4, 0.5) is 5.69 Å². The predicted octanol–water partition coefficient (Wildman–Crippen LogP) is 1.64. The number of thiol groups is 1. The third kappa shape index (κ3) is 2.65. The lowest BCUT2D eigenvalue weighted by atomic mass is 10.3. The number of nitrogens with two attached hydrogens (primary N) is 1. The molecule has 0 spiro atoms. The molecule has 15 heavy (non-hydrogen) atoms. The monoisotopic (exact) mass is 221 g/mol. The summed E-state index contributed by atoms with van der Waals surface area (Å²) in [5.41, 5.74) is 6.82. The zero-order chi connectivity index (χ0) is 10.7. The Balaban J connectivity index is 2.07. The van der Waals surface area contributed by atoms with Crippen LogP contribution in [-0.2, 0) is 0 Å². The fraction of sp³-hybridized carbons (Fsp3) is 0.364. The molecule has 1 saturated heterocycles. The largest absolute Gasteiger partial charge is 0.369 e. The number of likely N-dealkylation sites (tertiary alicyclic amines) is 1. The van der Waals surface area contributed by atoms with Crippen molar-refractivity contribution >= 4 is 24.3 Å². The smallest absolute Gasteiger partial charge is 0.196 e. The summed E-state index contributed by atoms with van der Waals surface area (Å²) in [6, 6.07) is 9.77. The van der Waals surface area contributed by atoms with Crippen molar-refractivity contribution < 1.29 is 0 Å². The summed E-state index contributed by atoms with van der Waals surface area (Å²) in [4.78, 5) is 6.44. The number of hydrogen-bond donors (Lipinski definition) is 2. The Hall–Kier alpha value is -1.16. The summed E-state index contributed by atoms with van der Waals surface area (Å²) < 4.78 is 0. The first-order chi connectivity index (χ1) is 7.25. The van der Waals surface area contributed by atoms with E-state index in [4.69, 9.17) is 5.73 Å². The number of para-hydroxylation sites is 1. The van der Waals surface area contributed by atoms with Crippen LogP contribution in [0.15, 0.2) is 35.3 Å². The minimum atomic E-state index is 0.425. The van der Waals surface area contributed by atoms with Crippen LogP contribution in [0.2, 0.25) is 0 Å². The first-order valence-corrected chi connectivity index (χ1v) is 5.59. The highest BCUT2D eigenvalue weighted by Crippen LogP contribution is 2.16. The zero-order valence-corrected chi connectivity index (χ0v) is 9.40. The van der Waals surface area contributed by atoms with Gasteiger partial charge in [-0.2, -0.15) is 12.6 Å². The molecule has 0 aliphatic carbocycles. The Kier molecular flexibility index (Phi) is 3.16. The van der Waals surface area contributed by atoms with Crippen molar-refractivity contribution in [3.05, 3.63) is 30.3 Å². The molecule has 2 rings (SSSR count). The maximum atomic E-state index is 5.92. The van der Waals surface area contributed by atoms with Crippen LogP contribution in [0.25, 0.3) is 0 Å². The summed E-state index contributed by atoms with van der Waals surface area (Å²) in [5.74, 6) is 0.595. The molecule has 0 radical (unpaired) electrons. The number of guanidine groups is 1. The first-order valence-electron chi connectivity index (χ1n) is 5.08. The van der Waals surface area contributed by atoms with E-state index in [1.165, 1.54) is 0 Å². The molecule has 1 heterocycles. The molecule has 1 aromatic carbocycles. The van der Waals surface area contributed by atoms with Crippen LogP contribution in [-0.4, -0.2) is 29.2 Å². The molecule has 0 saturated carbocycles. The van der Waals surface area contributed by atoms with Gasteiger partial charge in [0.25, 0.3) is 0 Å². The number of benzene rings is 1. The van der Waals surface area contributed by atoms with Gasteiger partial charge in [-0.1, -0.05) is 18.2 Å². The zero-order valence-electron chi connectivity index (χ0n) is 8.50. The van der Waals surface area contributed by atoms with E-state index in [0.29, 0.717) is 11.2 Å². The molecule has 0 amide bonds. The van der Waals surface area contributed by atoms with Gasteiger partial charge in [0.1, 0.15) is 0 Å². The van der Waals surface area contributed by atoms with Crippen LogP contribution in [0.3, 0.4) is 0 Å². The van der Waals surface area contributed by atoms with E-state index in [1.807, 2.05) is 30.3 Å². The summed E-state index contributed by atoms with van der Waals surface area (Å²) in [7, 11) is 0. The van der Waals surface area contributed by atoms with Crippen molar-refractivity contribution in [2.75, 3.05) is 13.1 Å². The molecule has 4 heteroatoms. The van der Waals surface area contributed by atoms with E-state index >= 15 is 0 Å². The molecular weight excluding hydrogens is 206 g/mol. The second kappa shape index (κ2) is 4.57. The number of hydrogen-bond acceptors (Lipinski definition) is 2. The standard InChI is InChI=1S/C11H15N3S/c12-11(14-7-6-10(15)8-14)13-9-4-2-1-3-5-9/h1-5,10,15H,6-8H2,(H2,12,13)/t10-/m0/s1. The van der Waals surface area contributed by atoms with Crippen LogP contribution in [0, 0.1) is 0 Å². The normalized spacial score (nSPS) is 22.1. The molecule has 0 aromatic heterocycles. The first kappa shape index (κ1) is 10.4. The molecule has 0 bridgehead atoms. The third-order valence-electron chi connectivity index (χ3n) is 2.49. The Morgan fingerprint density at radius 2 is 2.13 bits per heavy atom. The van der Waals surface area contributed by atoms with Gasteiger partial charge in [-0.3, -0.25) is 0 Å². The highest BCUT2D eigenvalue weighted by molar-refractivity contribution is 7.81. The quantitative estimate of drug-likeness (QED) is 0.430. The van der Waals surface area contributed by atoms with Gasteiger partial charge in [-0.05, 0) is 18.6 Å². The van der Waals surface area contributed by atoms with Crippen molar-refractivity contribution in [2.24, 2.45) is 10.7 Å². The molecule has 80 valence electrons. The molecular formula is C11H15N3S. The minimum absolute atomic E-state index is 0.425. The van der Waals surface area contributed by atoms with Crippen molar-refractivity contribution in [1.82, 2.24) is 4.90 Å². The highest BCUT2D eigenvalue weighted by atomic mass is 32.1. The summed E-state index contributed by atoms with van der Waals surface area (Å²) in [5, 5.41) is 0.425. The minimum Gasteiger partial charge on any atom is -0.369 e. The van der Waals surface area contributed by atoms with Crippen LogP contribution in [0.5, 0.6) is 0 Å². The van der Waals surface area contributed by atoms with Gasteiger partial charge in [0.15, 0.2) is 5.96 Å². The molecule has 1 aromatic rings. The van der Waals surface area contributed by atoms with Gasteiger partial charge in [0, 0.05) is 18.3 Å². The molecule has 2 N–H and O–H groups in total. The third-order valence-corrected chi connectivity index (χ3v) is 2.91. The highest BCUT2D eigenvalue weighted by Gasteiger charge is 2.20. The maximum Gasteiger partial charge on any atom is 0.196 e. The van der Waals surface area contributed by atoms with E-state index in [2.05, 4.69) is 22.5 Å². The predicted molar refractivity (Wildman–Crippen MR) is 66.7 cm³/mol. The Bertz CT molecular complexity index is 350. The maximum absolute atomic E-state index is 5.92. The van der Waals surface area contributed by atoms with Crippen LogP contribution < -0.4 is 5.73 Å². The van der Waals surface area contributed by atoms with Gasteiger partial charge in [-0.15, -0.1) is 0 Å². The van der Waals surface area contributed by atoms with E-state index < -0.39 is 0 Å². The lowest BCUT2D eigenvalue weighted by molar-refractivity contribution is 0.515. The topological polar surface area (TPSA) is 41.6 Å². The van der Waals surface area contributed by atoms with Gasteiger partial charge in [-0.25, -0.2) is 4.99 Å². The summed E-state index contributed by atoms with van der Waals surface area (Å²) in [6.45, 7) is 1.85. The second-order valence-corrected chi connectivity index (χ2v) is 4.42. The Labute approximate surface area is 95.4 Å². The molecule has 1 aliphatic rings. The average molecular weight is 221 g/mol. The van der Waals surface area contributed by atoms with Crippen molar-refractivity contribution in [1.29, 1.82) is 0 Å². The molecule has 1 aliphatic heterocycles. The van der Waals surface area contributed by atoms with Crippen molar-refractivity contribution in [3.8, 4) is 0 Å². The van der Waals surface area contributed by atoms with Gasteiger partial charge < -0.3 is 10.6 Å². The van der Waals surface area contributed by atoms with Crippen molar-refractivity contribution in [3.63, 3.8) is 0 Å². The summed E-state index contributed by atoms with van der Waals surface area (Å²) >= 11 is 4.42. The van der Waals surface area contributed by atoms with E-state index in [9.17, 15) is 0 Å². The SMILES string of the molecule is NC(=Nc1ccccc1)N1CC[C@H](S)C1. The fourth-order valence-corrected chi connectivity index (χ4v) is 1.97. The molecule has 1 fully saturated rings. The van der Waals surface area contributed by atoms with E-state index in [1.54, 1.807) is 0 Å². The lowest BCUT2D eigenvalue weighted by Crippen LogP contribution is -2.35. The fourth-order valence-electron chi connectivity index (χ4n) is 1.66. The molecule has 3 nitrogen and oxygen atoms in total. The van der Waals surface area contributed by atoms with Gasteiger partial charge in [0.2, 0.25) is 0 Å². The second-order valence-electron chi connectivity index (χ2n) is 3.69.